The van der Waals surface area contributed by atoms with Crippen LogP contribution in [0.3, 0.4) is 0 Å². The van der Waals surface area contributed by atoms with Crippen LogP contribution in [0, 0.1) is 0 Å². The Labute approximate surface area is 77.6 Å². The molecule has 1 heterocycles. The maximum atomic E-state index is 11.4. The quantitative estimate of drug-likeness (QED) is 0.577. The summed E-state index contributed by atoms with van der Waals surface area (Å²) in [7, 11) is 3.12. The molecule has 1 rings (SSSR count). The molecule has 1 saturated heterocycles. The number of ether oxygens (including phenoxy) is 1. The fraction of sp³-hybridized carbons (Fsp3) is 0.875. The van der Waals surface area contributed by atoms with Gasteiger partial charge in [-0.25, -0.2) is 0 Å². The molecule has 0 aromatic heterocycles. The number of hydroxylamine groups is 2. The van der Waals surface area contributed by atoms with E-state index in [4.69, 9.17) is 9.94 Å². The van der Waals surface area contributed by atoms with Gasteiger partial charge in [0.05, 0.1) is 7.11 Å². The van der Waals surface area contributed by atoms with Crippen LogP contribution in [0.25, 0.3) is 0 Å². The predicted molar refractivity (Wildman–Crippen MR) is 46.4 cm³/mol. The van der Waals surface area contributed by atoms with Gasteiger partial charge < -0.3 is 15.3 Å². The standard InChI is InChI=1S/C8H16N2O3/c1-9-8(7(11)13-2)3-5-10(12)6-4-8/h9,12H,3-6H2,1-2H3. The van der Waals surface area contributed by atoms with Crippen molar-refractivity contribution in [2.75, 3.05) is 27.2 Å². The van der Waals surface area contributed by atoms with E-state index in [-0.39, 0.29) is 5.97 Å². The van der Waals surface area contributed by atoms with E-state index in [2.05, 4.69) is 5.32 Å². The lowest BCUT2D eigenvalue weighted by atomic mass is 9.88. The molecule has 0 aromatic rings. The third-order valence-electron chi connectivity index (χ3n) is 2.65. The Morgan fingerprint density at radius 1 is 1.54 bits per heavy atom. The number of methoxy groups -OCH3 is 1. The first-order valence-corrected chi connectivity index (χ1v) is 4.36. The summed E-state index contributed by atoms with van der Waals surface area (Å²) in [4.78, 5) is 11.4. The summed E-state index contributed by atoms with van der Waals surface area (Å²) in [5.41, 5.74) is -0.603. The van der Waals surface area contributed by atoms with Crippen molar-refractivity contribution in [3.63, 3.8) is 0 Å². The lowest BCUT2D eigenvalue weighted by Crippen LogP contribution is -2.57. The predicted octanol–water partition coefficient (Wildman–Crippen LogP) is -0.397. The molecule has 1 aliphatic rings. The Morgan fingerprint density at radius 3 is 2.46 bits per heavy atom. The first-order valence-electron chi connectivity index (χ1n) is 4.36. The summed E-state index contributed by atoms with van der Waals surface area (Å²) in [6.45, 7) is 0.992. The Morgan fingerprint density at radius 2 is 2.08 bits per heavy atom. The highest BCUT2D eigenvalue weighted by Gasteiger charge is 2.40. The van der Waals surface area contributed by atoms with Gasteiger partial charge in [0, 0.05) is 13.1 Å². The van der Waals surface area contributed by atoms with E-state index in [9.17, 15) is 4.79 Å². The van der Waals surface area contributed by atoms with Gasteiger partial charge in [0.15, 0.2) is 0 Å². The van der Waals surface area contributed by atoms with Crippen molar-refractivity contribution < 1.29 is 14.7 Å². The van der Waals surface area contributed by atoms with Crippen molar-refractivity contribution in [1.29, 1.82) is 0 Å². The normalized spacial score (nSPS) is 22.7. The number of likely N-dealkylation sites (N-methyl/N-ethyl adjacent to an activating group) is 1. The van der Waals surface area contributed by atoms with Gasteiger partial charge in [-0.3, -0.25) is 4.79 Å². The van der Waals surface area contributed by atoms with Crippen LogP contribution >= 0.6 is 0 Å². The van der Waals surface area contributed by atoms with Gasteiger partial charge in [0.25, 0.3) is 0 Å². The van der Waals surface area contributed by atoms with Gasteiger partial charge in [-0.1, -0.05) is 0 Å². The maximum Gasteiger partial charge on any atom is 0.326 e. The van der Waals surface area contributed by atoms with Gasteiger partial charge in [-0.2, -0.15) is 5.06 Å². The molecular formula is C8H16N2O3. The zero-order chi connectivity index (χ0) is 9.90. The minimum Gasteiger partial charge on any atom is -0.468 e. The molecule has 1 aliphatic heterocycles. The van der Waals surface area contributed by atoms with Crippen LogP contribution in [0.2, 0.25) is 0 Å². The van der Waals surface area contributed by atoms with Crippen LogP contribution in [-0.4, -0.2) is 49.0 Å². The minimum absolute atomic E-state index is 0.247. The number of hydrogen-bond acceptors (Lipinski definition) is 5. The fourth-order valence-corrected chi connectivity index (χ4v) is 1.63. The number of carbonyl (C=O) groups excluding carboxylic acids is 1. The van der Waals surface area contributed by atoms with Gasteiger partial charge >= 0.3 is 5.97 Å². The van der Waals surface area contributed by atoms with E-state index in [1.165, 1.54) is 12.2 Å². The number of rotatable bonds is 2. The zero-order valence-corrected chi connectivity index (χ0v) is 8.04. The molecule has 5 heteroatoms. The number of hydrogen-bond donors (Lipinski definition) is 2. The molecule has 13 heavy (non-hydrogen) atoms. The molecule has 0 radical (unpaired) electrons. The third-order valence-corrected chi connectivity index (χ3v) is 2.65. The highest BCUT2D eigenvalue weighted by Crippen LogP contribution is 2.22. The van der Waals surface area contributed by atoms with Crippen molar-refractivity contribution in [3.8, 4) is 0 Å². The Hall–Kier alpha value is -0.650. The highest BCUT2D eigenvalue weighted by molar-refractivity contribution is 5.80. The van der Waals surface area contributed by atoms with E-state index in [0.717, 1.165) is 0 Å². The topological polar surface area (TPSA) is 61.8 Å². The van der Waals surface area contributed by atoms with Crippen LogP contribution < -0.4 is 5.32 Å². The number of piperidine rings is 1. The molecule has 0 aromatic carbocycles. The zero-order valence-electron chi connectivity index (χ0n) is 8.04. The second-order valence-electron chi connectivity index (χ2n) is 3.28. The monoisotopic (exact) mass is 188 g/mol. The average molecular weight is 188 g/mol. The molecule has 0 unspecified atom stereocenters. The number of nitrogens with one attached hydrogen (secondary N) is 1. The van der Waals surface area contributed by atoms with Crippen LogP contribution in [0.15, 0.2) is 0 Å². The van der Waals surface area contributed by atoms with Crippen molar-refractivity contribution >= 4 is 5.97 Å². The van der Waals surface area contributed by atoms with Crippen LogP contribution in [0.1, 0.15) is 12.8 Å². The molecule has 0 amide bonds. The molecule has 0 aliphatic carbocycles. The van der Waals surface area contributed by atoms with Crippen molar-refractivity contribution in [2.24, 2.45) is 0 Å². The Kier molecular flexibility index (Phi) is 3.24. The van der Waals surface area contributed by atoms with Crippen molar-refractivity contribution in [2.45, 2.75) is 18.4 Å². The fourth-order valence-electron chi connectivity index (χ4n) is 1.63. The summed E-state index contributed by atoms with van der Waals surface area (Å²) >= 11 is 0. The smallest absolute Gasteiger partial charge is 0.326 e. The van der Waals surface area contributed by atoms with Gasteiger partial charge in [-0.05, 0) is 19.9 Å². The number of carbonyl (C=O) groups is 1. The summed E-state index contributed by atoms with van der Waals surface area (Å²) in [6, 6.07) is 0. The highest BCUT2D eigenvalue weighted by atomic mass is 16.5. The molecule has 1 fully saturated rings. The number of nitrogens with zero attached hydrogens (tertiary/aromatic N) is 1. The van der Waals surface area contributed by atoms with E-state index >= 15 is 0 Å². The summed E-state index contributed by atoms with van der Waals surface area (Å²) in [6.07, 6.45) is 1.15. The van der Waals surface area contributed by atoms with Crippen LogP contribution in [-0.2, 0) is 9.53 Å². The summed E-state index contributed by atoms with van der Waals surface area (Å²) in [5, 5.41) is 13.3. The van der Waals surface area contributed by atoms with Crippen LogP contribution in [0.4, 0.5) is 0 Å². The van der Waals surface area contributed by atoms with Gasteiger partial charge in [-0.15, -0.1) is 0 Å². The third kappa shape index (κ3) is 1.99. The lowest BCUT2D eigenvalue weighted by Gasteiger charge is -2.36. The molecule has 0 atom stereocenters. The van der Waals surface area contributed by atoms with E-state index in [1.807, 2.05) is 0 Å². The molecule has 5 nitrogen and oxygen atoms in total. The number of esters is 1. The minimum atomic E-state index is -0.603. The van der Waals surface area contributed by atoms with Crippen LogP contribution in [0.5, 0.6) is 0 Å². The summed E-state index contributed by atoms with van der Waals surface area (Å²) < 4.78 is 4.72. The lowest BCUT2D eigenvalue weighted by molar-refractivity contribution is -0.159. The Bertz CT molecular complexity index is 188. The molecule has 76 valence electrons. The van der Waals surface area contributed by atoms with Gasteiger partial charge in [0.1, 0.15) is 5.54 Å². The molecular weight excluding hydrogens is 172 g/mol. The second-order valence-corrected chi connectivity index (χ2v) is 3.28. The molecule has 0 spiro atoms. The first kappa shape index (κ1) is 10.4. The second kappa shape index (κ2) is 4.04. The molecule has 2 N–H and O–H groups in total. The van der Waals surface area contributed by atoms with E-state index < -0.39 is 5.54 Å². The van der Waals surface area contributed by atoms with E-state index in [0.29, 0.717) is 25.9 Å². The first-order chi connectivity index (χ1) is 6.14. The van der Waals surface area contributed by atoms with Crippen molar-refractivity contribution in [3.05, 3.63) is 0 Å². The molecule has 0 bridgehead atoms. The average Bonchev–Trinajstić information content (AvgIpc) is 2.18. The molecule has 0 saturated carbocycles. The SMILES string of the molecule is CNC1(C(=O)OC)CCN(O)CC1. The van der Waals surface area contributed by atoms with Crippen molar-refractivity contribution in [1.82, 2.24) is 10.4 Å². The van der Waals surface area contributed by atoms with E-state index in [1.54, 1.807) is 7.05 Å². The largest absolute Gasteiger partial charge is 0.468 e. The Balaban J connectivity index is 2.65. The van der Waals surface area contributed by atoms with Gasteiger partial charge in [0.2, 0.25) is 0 Å². The maximum absolute atomic E-state index is 11.4. The summed E-state index contributed by atoms with van der Waals surface area (Å²) in [5.74, 6) is -0.247.